The number of hydrogen-bond acceptors (Lipinski definition) is 3. The molecule has 2 heterocycles. The Labute approximate surface area is 176 Å². The van der Waals surface area contributed by atoms with Crippen LogP contribution in [0.2, 0.25) is 0 Å². The molecule has 0 radical (unpaired) electrons. The number of hydrogen-bond donors (Lipinski definition) is 1. The van der Waals surface area contributed by atoms with Crippen LogP contribution in [0.4, 0.5) is 0 Å². The first-order valence-corrected chi connectivity index (χ1v) is 10.9. The summed E-state index contributed by atoms with van der Waals surface area (Å²) in [6.45, 7) is 3.19. The summed E-state index contributed by atoms with van der Waals surface area (Å²) in [6.07, 6.45) is 6.73. The maximum absolute atomic E-state index is 13.6. The topological polar surface area (TPSA) is 71.4 Å². The number of nitrogens with zero attached hydrogens (tertiary/aromatic N) is 2. The van der Waals surface area contributed by atoms with Gasteiger partial charge in [-0.25, -0.2) is 0 Å². The monoisotopic (exact) mass is 407 g/mol. The summed E-state index contributed by atoms with van der Waals surface area (Å²) in [7, 11) is 0. The number of pyridine rings is 1. The second-order valence-corrected chi connectivity index (χ2v) is 8.41. The van der Waals surface area contributed by atoms with Gasteiger partial charge in [-0.2, -0.15) is 0 Å². The molecule has 1 aliphatic carbocycles. The van der Waals surface area contributed by atoms with E-state index in [4.69, 9.17) is 0 Å². The number of benzene rings is 1. The molecule has 2 aromatic rings. The number of aromatic nitrogens is 1. The van der Waals surface area contributed by atoms with Gasteiger partial charge in [0.1, 0.15) is 11.1 Å². The van der Waals surface area contributed by atoms with Gasteiger partial charge in [0.25, 0.3) is 11.5 Å². The van der Waals surface area contributed by atoms with Gasteiger partial charge in [0.05, 0.1) is 0 Å². The van der Waals surface area contributed by atoms with Crippen molar-refractivity contribution in [1.29, 1.82) is 0 Å². The SMILES string of the molecule is Cc1ccn(CCc2ccccc2)c(=O)c1C(=O)N1CCNC(=O)C12CCCCC2. The van der Waals surface area contributed by atoms with Crippen LogP contribution in [0.15, 0.2) is 47.4 Å². The van der Waals surface area contributed by atoms with Gasteiger partial charge in [-0.3, -0.25) is 14.4 Å². The lowest BCUT2D eigenvalue weighted by molar-refractivity contribution is -0.137. The Kier molecular flexibility index (Phi) is 5.75. The Morgan fingerprint density at radius 1 is 1.07 bits per heavy atom. The Morgan fingerprint density at radius 2 is 1.80 bits per heavy atom. The number of carbonyl (C=O) groups is 2. The van der Waals surface area contributed by atoms with E-state index in [2.05, 4.69) is 5.32 Å². The third kappa shape index (κ3) is 3.66. The Morgan fingerprint density at radius 3 is 2.53 bits per heavy atom. The summed E-state index contributed by atoms with van der Waals surface area (Å²) in [5, 5.41) is 2.94. The quantitative estimate of drug-likeness (QED) is 0.847. The van der Waals surface area contributed by atoms with Crippen LogP contribution in [0, 0.1) is 6.92 Å². The third-order valence-corrected chi connectivity index (χ3v) is 6.56. The van der Waals surface area contributed by atoms with Gasteiger partial charge in [0.15, 0.2) is 0 Å². The molecule has 6 nitrogen and oxygen atoms in total. The van der Waals surface area contributed by atoms with Gasteiger partial charge in [0, 0.05) is 25.8 Å². The van der Waals surface area contributed by atoms with Crippen LogP contribution in [-0.4, -0.2) is 39.9 Å². The molecular formula is C24H29N3O3. The number of piperazine rings is 1. The van der Waals surface area contributed by atoms with Crippen molar-refractivity contribution in [1.82, 2.24) is 14.8 Å². The zero-order valence-corrected chi connectivity index (χ0v) is 17.5. The summed E-state index contributed by atoms with van der Waals surface area (Å²) in [5.74, 6) is -0.372. The molecule has 1 aromatic carbocycles. The van der Waals surface area contributed by atoms with E-state index in [1.807, 2.05) is 36.4 Å². The van der Waals surface area contributed by atoms with Gasteiger partial charge in [-0.1, -0.05) is 49.6 Å². The maximum Gasteiger partial charge on any atom is 0.263 e. The van der Waals surface area contributed by atoms with Gasteiger partial charge < -0.3 is 14.8 Å². The smallest absolute Gasteiger partial charge is 0.263 e. The van der Waals surface area contributed by atoms with Gasteiger partial charge in [-0.15, -0.1) is 0 Å². The molecular weight excluding hydrogens is 378 g/mol. The molecule has 6 heteroatoms. The first-order chi connectivity index (χ1) is 14.5. The van der Waals surface area contributed by atoms with Gasteiger partial charge in [-0.05, 0) is 43.4 Å². The van der Waals surface area contributed by atoms with Crippen molar-refractivity contribution in [3.8, 4) is 0 Å². The molecule has 158 valence electrons. The molecule has 1 spiro atoms. The molecule has 4 rings (SSSR count). The molecule has 1 aromatic heterocycles. The molecule has 30 heavy (non-hydrogen) atoms. The van der Waals surface area contributed by atoms with Crippen molar-refractivity contribution in [2.45, 2.75) is 57.5 Å². The lowest BCUT2D eigenvalue weighted by atomic mass is 9.78. The van der Waals surface area contributed by atoms with Crippen LogP contribution in [0.25, 0.3) is 0 Å². The molecule has 1 N–H and O–H groups in total. The molecule has 0 atom stereocenters. The number of carbonyl (C=O) groups excluding carboxylic acids is 2. The van der Waals surface area contributed by atoms with Crippen molar-refractivity contribution >= 4 is 11.8 Å². The van der Waals surface area contributed by atoms with Crippen molar-refractivity contribution in [3.63, 3.8) is 0 Å². The number of nitrogens with one attached hydrogen (secondary N) is 1. The lowest BCUT2D eigenvalue weighted by Gasteiger charge is -2.48. The molecule has 2 aliphatic rings. The van der Waals surface area contributed by atoms with Crippen LogP contribution < -0.4 is 10.9 Å². The van der Waals surface area contributed by atoms with Crippen molar-refractivity contribution in [2.75, 3.05) is 13.1 Å². The van der Waals surface area contributed by atoms with Crippen molar-refractivity contribution in [2.24, 2.45) is 0 Å². The van der Waals surface area contributed by atoms with Crippen molar-refractivity contribution < 1.29 is 9.59 Å². The number of aryl methyl sites for hydroxylation is 3. The minimum absolute atomic E-state index is 0.0696. The van der Waals surface area contributed by atoms with E-state index >= 15 is 0 Å². The molecule has 2 amide bonds. The fraction of sp³-hybridized carbons (Fsp3) is 0.458. The van der Waals surface area contributed by atoms with E-state index < -0.39 is 5.54 Å². The maximum atomic E-state index is 13.6. The molecule has 0 bridgehead atoms. The zero-order valence-electron chi connectivity index (χ0n) is 17.5. The van der Waals surface area contributed by atoms with E-state index in [1.165, 1.54) is 0 Å². The standard InChI is InChI=1S/C24H29N3O3/c1-18-10-15-26(16-11-19-8-4-2-5-9-19)21(28)20(18)22(29)27-17-14-25-23(30)24(27)12-6-3-7-13-24/h2,4-5,8-10,15H,3,6-7,11-14,16-17H2,1H3,(H,25,30). The number of rotatable bonds is 4. The highest BCUT2D eigenvalue weighted by molar-refractivity contribution is 6.00. The molecule has 0 unspecified atom stereocenters. The third-order valence-electron chi connectivity index (χ3n) is 6.56. The zero-order chi connectivity index (χ0) is 21.1. The first kappa shape index (κ1) is 20.4. The minimum Gasteiger partial charge on any atom is -0.352 e. The normalized spacial score (nSPS) is 18.3. The van der Waals surface area contributed by atoms with Crippen molar-refractivity contribution in [3.05, 3.63) is 69.6 Å². The van der Waals surface area contributed by atoms with Crippen LogP contribution in [0.1, 0.15) is 53.6 Å². The molecule has 1 saturated carbocycles. The highest BCUT2D eigenvalue weighted by Crippen LogP contribution is 2.36. The molecule has 1 aliphatic heterocycles. The highest BCUT2D eigenvalue weighted by Gasteiger charge is 2.49. The summed E-state index contributed by atoms with van der Waals surface area (Å²) >= 11 is 0. The van der Waals surface area contributed by atoms with E-state index in [9.17, 15) is 14.4 Å². The summed E-state index contributed by atoms with van der Waals surface area (Å²) in [6, 6.07) is 11.8. The second-order valence-electron chi connectivity index (χ2n) is 8.41. The molecule has 1 saturated heterocycles. The van der Waals surface area contributed by atoms with Crippen LogP contribution in [-0.2, 0) is 17.8 Å². The predicted octanol–water partition coefficient (Wildman–Crippen LogP) is 2.67. The summed E-state index contributed by atoms with van der Waals surface area (Å²) < 4.78 is 1.62. The van der Waals surface area contributed by atoms with Gasteiger partial charge >= 0.3 is 0 Å². The highest BCUT2D eigenvalue weighted by atomic mass is 16.2. The summed E-state index contributed by atoms with van der Waals surface area (Å²) in [5.41, 5.74) is 0.930. The van der Waals surface area contributed by atoms with E-state index in [-0.39, 0.29) is 22.9 Å². The first-order valence-electron chi connectivity index (χ1n) is 10.9. The van der Waals surface area contributed by atoms with E-state index in [0.29, 0.717) is 44.5 Å². The second kappa shape index (κ2) is 8.46. The lowest BCUT2D eigenvalue weighted by Crippen LogP contribution is -2.67. The average molecular weight is 408 g/mol. The van der Waals surface area contributed by atoms with Gasteiger partial charge in [0.2, 0.25) is 5.91 Å². The Balaban J connectivity index is 1.64. The number of amides is 2. The Hall–Kier alpha value is -2.89. The van der Waals surface area contributed by atoms with E-state index in [0.717, 1.165) is 24.8 Å². The Bertz CT molecular complexity index is 991. The summed E-state index contributed by atoms with van der Waals surface area (Å²) in [4.78, 5) is 41.4. The molecule has 2 fully saturated rings. The predicted molar refractivity (Wildman–Crippen MR) is 115 cm³/mol. The largest absolute Gasteiger partial charge is 0.352 e. The minimum atomic E-state index is -0.808. The average Bonchev–Trinajstić information content (AvgIpc) is 2.76. The van der Waals surface area contributed by atoms with Crippen LogP contribution in [0.5, 0.6) is 0 Å². The fourth-order valence-corrected chi connectivity index (χ4v) is 4.84. The fourth-order valence-electron chi connectivity index (χ4n) is 4.84. The van der Waals surface area contributed by atoms with Crippen LogP contribution >= 0.6 is 0 Å². The van der Waals surface area contributed by atoms with Crippen LogP contribution in [0.3, 0.4) is 0 Å². The van der Waals surface area contributed by atoms with E-state index in [1.54, 1.807) is 22.6 Å².